The minimum Gasteiger partial charge on any atom is -0.340 e. The highest BCUT2D eigenvalue weighted by Gasteiger charge is 2.55. The highest BCUT2D eigenvalue weighted by molar-refractivity contribution is 6.02. The molecule has 2 fully saturated rings. The summed E-state index contributed by atoms with van der Waals surface area (Å²) in [5, 5.41) is 3.01. The minimum atomic E-state index is -0.713. The molecule has 2 amide bonds. The van der Waals surface area contributed by atoms with Crippen LogP contribution in [-0.2, 0) is 9.59 Å². The van der Waals surface area contributed by atoms with Gasteiger partial charge in [-0.05, 0) is 32.6 Å². The molecule has 0 bridgehead atoms. The van der Waals surface area contributed by atoms with Crippen LogP contribution in [0.15, 0.2) is 0 Å². The fourth-order valence-corrected chi connectivity index (χ4v) is 3.45. The highest BCUT2D eigenvalue weighted by atomic mass is 16.2. The van der Waals surface area contributed by atoms with Gasteiger partial charge in [0, 0.05) is 6.54 Å². The first-order chi connectivity index (χ1) is 9.00. The van der Waals surface area contributed by atoms with Gasteiger partial charge >= 0.3 is 0 Å². The average Bonchev–Trinajstić information content (AvgIpc) is 2.43. The van der Waals surface area contributed by atoms with E-state index in [1.54, 1.807) is 0 Å². The standard InChI is InChI=1S/C15H26N2O2/c1-4-11-17-13(19)14(3,5-2)16-12(18)15(17)9-7-6-8-10-15/h4-11H2,1-3H3,(H,16,18). The highest BCUT2D eigenvalue weighted by Crippen LogP contribution is 2.39. The summed E-state index contributed by atoms with van der Waals surface area (Å²) >= 11 is 0. The molecule has 19 heavy (non-hydrogen) atoms. The van der Waals surface area contributed by atoms with E-state index in [4.69, 9.17) is 0 Å². The third-order valence-corrected chi connectivity index (χ3v) is 4.88. The Labute approximate surface area is 115 Å². The largest absolute Gasteiger partial charge is 0.340 e. The summed E-state index contributed by atoms with van der Waals surface area (Å²) in [7, 11) is 0. The van der Waals surface area contributed by atoms with Gasteiger partial charge in [0.2, 0.25) is 11.8 Å². The maximum atomic E-state index is 12.8. The zero-order chi connectivity index (χ0) is 14.1. The molecule has 1 unspecified atom stereocenters. The van der Waals surface area contributed by atoms with Crippen LogP contribution in [0.5, 0.6) is 0 Å². The molecule has 4 nitrogen and oxygen atoms in total. The first kappa shape index (κ1) is 14.4. The number of rotatable bonds is 3. The molecule has 1 saturated heterocycles. The molecule has 1 aliphatic heterocycles. The van der Waals surface area contributed by atoms with Crippen LogP contribution >= 0.6 is 0 Å². The van der Waals surface area contributed by atoms with E-state index in [0.29, 0.717) is 13.0 Å². The van der Waals surface area contributed by atoms with E-state index in [9.17, 15) is 9.59 Å². The van der Waals surface area contributed by atoms with Crippen molar-refractivity contribution in [3.63, 3.8) is 0 Å². The smallest absolute Gasteiger partial charge is 0.248 e. The lowest BCUT2D eigenvalue weighted by Gasteiger charge is -2.53. The second-order valence-corrected chi connectivity index (χ2v) is 6.19. The molecule has 0 aromatic heterocycles. The van der Waals surface area contributed by atoms with E-state index in [1.807, 2.05) is 18.7 Å². The number of hydrogen-bond donors (Lipinski definition) is 1. The van der Waals surface area contributed by atoms with Crippen LogP contribution in [0.3, 0.4) is 0 Å². The van der Waals surface area contributed by atoms with Crippen LogP contribution < -0.4 is 5.32 Å². The molecule has 1 spiro atoms. The van der Waals surface area contributed by atoms with Crippen molar-refractivity contribution in [2.75, 3.05) is 6.54 Å². The topological polar surface area (TPSA) is 49.4 Å². The Morgan fingerprint density at radius 1 is 1.16 bits per heavy atom. The van der Waals surface area contributed by atoms with E-state index in [1.165, 1.54) is 6.42 Å². The number of carbonyl (C=O) groups is 2. The second-order valence-electron chi connectivity index (χ2n) is 6.19. The maximum Gasteiger partial charge on any atom is 0.248 e. The van der Waals surface area contributed by atoms with Gasteiger partial charge in [-0.25, -0.2) is 0 Å². The normalized spacial score (nSPS) is 30.6. The molecule has 1 saturated carbocycles. The molecule has 108 valence electrons. The number of nitrogens with zero attached hydrogens (tertiary/aromatic N) is 1. The Balaban J connectivity index is 2.37. The zero-order valence-corrected chi connectivity index (χ0v) is 12.4. The average molecular weight is 266 g/mol. The van der Waals surface area contributed by atoms with Gasteiger partial charge in [0.05, 0.1) is 0 Å². The van der Waals surface area contributed by atoms with Gasteiger partial charge in [-0.2, -0.15) is 0 Å². The van der Waals surface area contributed by atoms with Crippen molar-refractivity contribution in [3.05, 3.63) is 0 Å². The molecule has 2 rings (SSSR count). The predicted molar refractivity (Wildman–Crippen MR) is 74.7 cm³/mol. The van der Waals surface area contributed by atoms with E-state index < -0.39 is 11.1 Å². The fourth-order valence-electron chi connectivity index (χ4n) is 3.45. The quantitative estimate of drug-likeness (QED) is 0.851. The zero-order valence-electron chi connectivity index (χ0n) is 12.4. The van der Waals surface area contributed by atoms with Crippen molar-refractivity contribution in [1.29, 1.82) is 0 Å². The molecule has 4 heteroatoms. The van der Waals surface area contributed by atoms with Gasteiger partial charge in [0.1, 0.15) is 11.1 Å². The molecule has 1 heterocycles. The summed E-state index contributed by atoms with van der Waals surface area (Å²) in [6.45, 7) is 6.58. The first-order valence-electron chi connectivity index (χ1n) is 7.65. The molecule has 2 aliphatic rings. The molecule has 0 aromatic carbocycles. The number of carbonyl (C=O) groups excluding carboxylic acids is 2. The molecule has 1 N–H and O–H groups in total. The summed E-state index contributed by atoms with van der Waals surface area (Å²) in [6.07, 6.45) is 6.46. The van der Waals surface area contributed by atoms with Crippen LogP contribution in [0, 0.1) is 0 Å². The van der Waals surface area contributed by atoms with Crippen LogP contribution in [0.2, 0.25) is 0 Å². The van der Waals surface area contributed by atoms with Gasteiger partial charge in [-0.3, -0.25) is 9.59 Å². The van der Waals surface area contributed by atoms with Gasteiger partial charge in [0.15, 0.2) is 0 Å². The van der Waals surface area contributed by atoms with Crippen LogP contribution in [0.4, 0.5) is 0 Å². The first-order valence-corrected chi connectivity index (χ1v) is 7.65. The van der Waals surface area contributed by atoms with E-state index in [2.05, 4.69) is 12.2 Å². The minimum absolute atomic E-state index is 0.0737. The molecular formula is C15H26N2O2. The summed E-state index contributed by atoms with van der Waals surface area (Å²) in [5.41, 5.74) is -1.27. The monoisotopic (exact) mass is 266 g/mol. The molecular weight excluding hydrogens is 240 g/mol. The lowest BCUT2D eigenvalue weighted by atomic mass is 9.75. The van der Waals surface area contributed by atoms with E-state index in [-0.39, 0.29) is 11.8 Å². The molecule has 1 aliphatic carbocycles. The number of piperazine rings is 1. The Hall–Kier alpha value is -1.06. The maximum absolute atomic E-state index is 12.8. The Morgan fingerprint density at radius 2 is 1.79 bits per heavy atom. The third-order valence-electron chi connectivity index (χ3n) is 4.88. The van der Waals surface area contributed by atoms with Crippen molar-refractivity contribution in [2.24, 2.45) is 0 Å². The predicted octanol–water partition coefficient (Wildman–Crippen LogP) is 2.23. The summed E-state index contributed by atoms with van der Waals surface area (Å²) in [4.78, 5) is 27.4. The van der Waals surface area contributed by atoms with Crippen molar-refractivity contribution in [2.45, 2.75) is 76.8 Å². The number of hydrogen-bond acceptors (Lipinski definition) is 2. The van der Waals surface area contributed by atoms with E-state index >= 15 is 0 Å². The van der Waals surface area contributed by atoms with Crippen molar-refractivity contribution >= 4 is 11.8 Å². The molecule has 1 atom stereocenters. The van der Waals surface area contributed by atoms with Gasteiger partial charge in [-0.15, -0.1) is 0 Å². The van der Waals surface area contributed by atoms with Gasteiger partial charge < -0.3 is 10.2 Å². The van der Waals surface area contributed by atoms with Crippen molar-refractivity contribution < 1.29 is 9.59 Å². The van der Waals surface area contributed by atoms with Crippen LogP contribution in [0.25, 0.3) is 0 Å². The van der Waals surface area contributed by atoms with E-state index in [0.717, 1.165) is 32.1 Å². The Morgan fingerprint density at radius 3 is 2.32 bits per heavy atom. The third kappa shape index (κ3) is 2.15. The van der Waals surface area contributed by atoms with Crippen LogP contribution in [0.1, 0.15) is 65.7 Å². The summed E-state index contributed by atoms with van der Waals surface area (Å²) in [6, 6.07) is 0. The van der Waals surface area contributed by atoms with Gasteiger partial charge in [0.25, 0.3) is 0 Å². The molecule has 0 aromatic rings. The number of nitrogens with one attached hydrogen (secondary N) is 1. The van der Waals surface area contributed by atoms with Crippen molar-refractivity contribution in [1.82, 2.24) is 10.2 Å². The Bertz CT molecular complexity index is 374. The summed E-state index contributed by atoms with van der Waals surface area (Å²) < 4.78 is 0. The summed E-state index contributed by atoms with van der Waals surface area (Å²) in [5.74, 6) is 0.183. The molecule has 0 radical (unpaired) electrons. The lowest BCUT2D eigenvalue weighted by Crippen LogP contribution is -2.75. The lowest BCUT2D eigenvalue weighted by molar-refractivity contribution is -0.165. The number of amides is 2. The SMILES string of the molecule is CCCN1C(=O)C(C)(CC)NC(=O)C12CCCCC2. The van der Waals surface area contributed by atoms with Crippen LogP contribution in [-0.4, -0.2) is 34.3 Å². The second kappa shape index (κ2) is 5.14. The Kier molecular flexibility index (Phi) is 3.88. The van der Waals surface area contributed by atoms with Crippen molar-refractivity contribution in [3.8, 4) is 0 Å². The van der Waals surface area contributed by atoms with Gasteiger partial charge in [-0.1, -0.05) is 33.1 Å². The fraction of sp³-hybridized carbons (Fsp3) is 0.867.